The lowest BCUT2D eigenvalue weighted by Gasteiger charge is -2.04. The third-order valence-electron chi connectivity index (χ3n) is 3.14. The van der Waals surface area contributed by atoms with Crippen LogP contribution in [0.3, 0.4) is 0 Å². The number of nitro benzene ring substituents is 1. The van der Waals surface area contributed by atoms with E-state index >= 15 is 0 Å². The zero-order valence-electron chi connectivity index (χ0n) is 11.6. The van der Waals surface area contributed by atoms with Gasteiger partial charge in [0.15, 0.2) is 17.5 Å². The van der Waals surface area contributed by atoms with Crippen LogP contribution in [-0.4, -0.2) is 20.8 Å². The summed E-state index contributed by atoms with van der Waals surface area (Å²) in [6.07, 6.45) is 0. The van der Waals surface area contributed by atoms with Gasteiger partial charge in [-0.05, 0) is 12.1 Å². The number of aromatic amines is 1. The number of H-pyrrole nitrogens is 1. The summed E-state index contributed by atoms with van der Waals surface area (Å²) in [7, 11) is 0. The minimum absolute atomic E-state index is 0.0460. The molecule has 0 fully saturated rings. The van der Waals surface area contributed by atoms with Gasteiger partial charge in [-0.1, -0.05) is 11.6 Å². The van der Waals surface area contributed by atoms with Gasteiger partial charge in [-0.2, -0.15) is 0 Å². The molecule has 0 aliphatic rings. The Hall–Kier alpha value is -3.07. The molecule has 7 nitrogen and oxygen atoms in total. The first-order chi connectivity index (χ1) is 11.3. The maximum Gasteiger partial charge on any atom is 0.294 e. The third-order valence-corrected chi connectivity index (χ3v) is 3.38. The summed E-state index contributed by atoms with van der Waals surface area (Å²) in [5.41, 5.74) is -0.328. The molecule has 2 N–H and O–H groups in total. The molecule has 24 heavy (non-hydrogen) atoms. The predicted octanol–water partition coefficient (Wildman–Crippen LogP) is 3.66. The van der Waals surface area contributed by atoms with E-state index in [0.29, 0.717) is 0 Å². The summed E-state index contributed by atoms with van der Waals surface area (Å²) in [6.45, 7) is 0. The van der Waals surface area contributed by atoms with E-state index in [0.717, 1.165) is 18.2 Å². The average molecular weight is 353 g/mol. The van der Waals surface area contributed by atoms with Crippen LogP contribution in [0.25, 0.3) is 11.0 Å². The Labute approximate surface area is 137 Å². The van der Waals surface area contributed by atoms with E-state index in [1.807, 2.05) is 0 Å². The van der Waals surface area contributed by atoms with Crippen molar-refractivity contribution >= 4 is 39.9 Å². The Bertz CT molecular complexity index is 951. The molecular formula is C14H7ClF2N4O3. The smallest absolute Gasteiger partial charge is 0.294 e. The standard InChI is InChI=1S/C14H7ClF2N4O3/c15-6-1-2-9(12(3-6)21(23)24)20-14(22)13-18-10-4-7(16)8(17)5-11(10)19-13/h1-5H,(H,18,19)(H,20,22). The maximum absolute atomic E-state index is 13.2. The number of anilines is 1. The number of halogens is 3. The molecule has 0 radical (unpaired) electrons. The highest BCUT2D eigenvalue weighted by atomic mass is 35.5. The van der Waals surface area contributed by atoms with Crippen LogP contribution in [0.15, 0.2) is 30.3 Å². The van der Waals surface area contributed by atoms with Gasteiger partial charge in [-0.15, -0.1) is 0 Å². The van der Waals surface area contributed by atoms with Crippen LogP contribution >= 0.6 is 11.6 Å². The SMILES string of the molecule is O=C(Nc1ccc(Cl)cc1[N+](=O)[O-])c1nc2cc(F)c(F)cc2[nH]1. The highest BCUT2D eigenvalue weighted by Gasteiger charge is 2.19. The molecule has 0 unspecified atom stereocenters. The van der Waals surface area contributed by atoms with Gasteiger partial charge in [0.2, 0.25) is 0 Å². The zero-order chi connectivity index (χ0) is 17.4. The fourth-order valence-corrected chi connectivity index (χ4v) is 2.22. The highest BCUT2D eigenvalue weighted by Crippen LogP contribution is 2.28. The summed E-state index contributed by atoms with van der Waals surface area (Å²) in [5, 5.41) is 13.4. The second-order valence-electron chi connectivity index (χ2n) is 4.74. The molecule has 0 spiro atoms. The van der Waals surface area contributed by atoms with E-state index in [4.69, 9.17) is 11.6 Å². The molecule has 3 aromatic rings. The Balaban J connectivity index is 1.94. The molecule has 1 amide bonds. The fourth-order valence-electron chi connectivity index (χ4n) is 2.06. The number of nitro groups is 1. The molecule has 0 aliphatic carbocycles. The van der Waals surface area contributed by atoms with Crippen molar-refractivity contribution < 1.29 is 18.5 Å². The van der Waals surface area contributed by atoms with Crippen LogP contribution in [0.4, 0.5) is 20.2 Å². The number of aromatic nitrogens is 2. The average Bonchev–Trinajstić information content (AvgIpc) is 2.92. The van der Waals surface area contributed by atoms with Gasteiger partial charge in [0.05, 0.1) is 16.0 Å². The summed E-state index contributed by atoms with van der Waals surface area (Å²) in [6, 6.07) is 5.41. The van der Waals surface area contributed by atoms with Crippen molar-refractivity contribution in [1.82, 2.24) is 9.97 Å². The van der Waals surface area contributed by atoms with E-state index in [2.05, 4.69) is 15.3 Å². The van der Waals surface area contributed by atoms with Crippen LogP contribution in [0, 0.1) is 21.7 Å². The van der Waals surface area contributed by atoms with Crippen LogP contribution in [0.1, 0.15) is 10.6 Å². The molecule has 0 saturated carbocycles. The monoisotopic (exact) mass is 352 g/mol. The number of nitrogens with one attached hydrogen (secondary N) is 2. The number of rotatable bonds is 3. The minimum Gasteiger partial charge on any atom is -0.334 e. The second-order valence-corrected chi connectivity index (χ2v) is 5.18. The van der Waals surface area contributed by atoms with Crippen molar-refractivity contribution in [1.29, 1.82) is 0 Å². The largest absolute Gasteiger partial charge is 0.334 e. The first-order valence-corrected chi connectivity index (χ1v) is 6.83. The van der Waals surface area contributed by atoms with E-state index < -0.39 is 28.2 Å². The first kappa shape index (κ1) is 15.8. The van der Waals surface area contributed by atoms with Gasteiger partial charge < -0.3 is 10.3 Å². The number of nitrogens with zero attached hydrogens (tertiary/aromatic N) is 2. The zero-order valence-corrected chi connectivity index (χ0v) is 12.4. The van der Waals surface area contributed by atoms with E-state index in [1.165, 1.54) is 12.1 Å². The van der Waals surface area contributed by atoms with Crippen molar-refractivity contribution in [3.63, 3.8) is 0 Å². The van der Waals surface area contributed by atoms with Crippen molar-refractivity contribution in [2.45, 2.75) is 0 Å². The highest BCUT2D eigenvalue weighted by molar-refractivity contribution is 6.31. The number of carbonyl (C=O) groups is 1. The van der Waals surface area contributed by atoms with E-state index in [1.54, 1.807) is 0 Å². The van der Waals surface area contributed by atoms with Gasteiger partial charge in [-0.3, -0.25) is 14.9 Å². The lowest BCUT2D eigenvalue weighted by Crippen LogP contribution is -2.14. The molecule has 1 aromatic heterocycles. The Morgan fingerprint density at radius 1 is 1.25 bits per heavy atom. The molecule has 0 aliphatic heterocycles. The minimum atomic E-state index is -1.10. The van der Waals surface area contributed by atoms with Gasteiger partial charge in [0.25, 0.3) is 11.6 Å². The van der Waals surface area contributed by atoms with Gasteiger partial charge in [0, 0.05) is 23.2 Å². The molecule has 1 heterocycles. The number of hydrogen-bond acceptors (Lipinski definition) is 4. The number of hydrogen-bond donors (Lipinski definition) is 2. The van der Waals surface area contributed by atoms with Crippen molar-refractivity contribution in [3.8, 4) is 0 Å². The molecule has 2 aromatic carbocycles. The van der Waals surface area contributed by atoms with Crippen LogP contribution in [-0.2, 0) is 0 Å². The Kier molecular flexibility index (Phi) is 3.86. The summed E-state index contributed by atoms with van der Waals surface area (Å²) < 4.78 is 26.3. The van der Waals surface area contributed by atoms with Crippen LogP contribution < -0.4 is 5.32 Å². The predicted molar refractivity (Wildman–Crippen MR) is 82.1 cm³/mol. The Morgan fingerprint density at radius 2 is 1.96 bits per heavy atom. The fraction of sp³-hybridized carbons (Fsp3) is 0. The van der Waals surface area contributed by atoms with E-state index in [-0.39, 0.29) is 27.6 Å². The molecule has 0 saturated heterocycles. The van der Waals surface area contributed by atoms with Gasteiger partial charge in [-0.25, -0.2) is 13.8 Å². The summed E-state index contributed by atoms with van der Waals surface area (Å²) in [4.78, 5) is 28.8. The molecule has 3 rings (SSSR count). The molecular weight excluding hydrogens is 346 g/mol. The lowest BCUT2D eigenvalue weighted by atomic mass is 10.2. The number of benzene rings is 2. The summed E-state index contributed by atoms with van der Waals surface area (Å²) >= 11 is 5.69. The number of fused-ring (bicyclic) bond motifs is 1. The third kappa shape index (κ3) is 2.88. The topological polar surface area (TPSA) is 101 Å². The lowest BCUT2D eigenvalue weighted by molar-refractivity contribution is -0.383. The first-order valence-electron chi connectivity index (χ1n) is 6.45. The van der Waals surface area contributed by atoms with Crippen molar-refractivity contribution in [2.75, 3.05) is 5.32 Å². The van der Waals surface area contributed by atoms with Gasteiger partial charge in [0.1, 0.15) is 5.69 Å². The van der Waals surface area contributed by atoms with Crippen molar-refractivity contribution in [3.05, 3.63) is 62.9 Å². The molecule has 0 atom stereocenters. The van der Waals surface area contributed by atoms with E-state index in [9.17, 15) is 23.7 Å². The molecule has 122 valence electrons. The number of carbonyl (C=O) groups excluding carboxylic acids is 1. The number of imidazole rings is 1. The van der Waals surface area contributed by atoms with Crippen LogP contribution in [0.5, 0.6) is 0 Å². The summed E-state index contributed by atoms with van der Waals surface area (Å²) in [5.74, 6) is -3.25. The Morgan fingerprint density at radius 3 is 2.67 bits per heavy atom. The maximum atomic E-state index is 13.2. The number of amides is 1. The molecule has 0 bridgehead atoms. The van der Waals surface area contributed by atoms with Crippen molar-refractivity contribution in [2.24, 2.45) is 0 Å². The van der Waals surface area contributed by atoms with Crippen LogP contribution in [0.2, 0.25) is 5.02 Å². The van der Waals surface area contributed by atoms with Gasteiger partial charge >= 0.3 is 0 Å². The quantitative estimate of drug-likeness (QED) is 0.555. The molecule has 10 heteroatoms. The second kappa shape index (κ2) is 5.85. The normalized spacial score (nSPS) is 10.8.